The normalized spacial score (nSPS) is 13.6. The third kappa shape index (κ3) is 6.89. The number of morpholine rings is 1. The van der Waals surface area contributed by atoms with Crippen LogP contribution >= 0.6 is 50.7 Å². The first-order chi connectivity index (χ1) is 16.9. The Kier molecular flexibility index (Phi) is 9.31. The Balaban J connectivity index is 1.44. The first-order valence-electron chi connectivity index (χ1n) is 11.3. The Labute approximate surface area is 229 Å². The predicted octanol–water partition coefficient (Wildman–Crippen LogP) is 7.84. The fourth-order valence-corrected chi connectivity index (χ4v) is 4.84. The van der Waals surface area contributed by atoms with E-state index in [-0.39, 0.29) is 0 Å². The number of ether oxygens (including phenoxy) is 3. The summed E-state index contributed by atoms with van der Waals surface area (Å²) in [7, 11) is 0. The maximum Gasteiger partial charge on any atom is 0.162 e. The molecule has 0 aromatic heterocycles. The van der Waals surface area contributed by atoms with Crippen LogP contribution in [0.2, 0.25) is 15.1 Å². The van der Waals surface area contributed by atoms with Gasteiger partial charge in [-0.2, -0.15) is 0 Å². The number of hydrogen-bond acceptors (Lipinski definition) is 5. The molecule has 1 aliphatic heterocycles. The molecule has 0 aliphatic carbocycles. The van der Waals surface area contributed by atoms with Crippen molar-refractivity contribution in [2.24, 2.45) is 0 Å². The molecule has 0 atom stereocenters. The molecular formula is C26H26BrCl3N2O3. The van der Waals surface area contributed by atoms with E-state index in [1.807, 2.05) is 37.3 Å². The molecule has 35 heavy (non-hydrogen) atoms. The molecule has 0 unspecified atom stereocenters. The second-order valence-electron chi connectivity index (χ2n) is 7.98. The lowest BCUT2D eigenvalue weighted by Gasteiger charge is -2.29. The molecule has 0 saturated carbocycles. The average molecular weight is 601 g/mol. The van der Waals surface area contributed by atoms with Gasteiger partial charge < -0.3 is 24.4 Å². The highest BCUT2D eigenvalue weighted by Gasteiger charge is 2.15. The summed E-state index contributed by atoms with van der Waals surface area (Å²) in [6.07, 6.45) is 0. The van der Waals surface area contributed by atoms with Crippen LogP contribution in [-0.2, 0) is 17.9 Å². The monoisotopic (exact) mass is 598 g/mol. The van der Waals surface area contributed by atoms with E-state index in [0.717, 1.165) is 58.3 Å². The molecule has 0 radical (unpaired) electrons. The van der Waals surface area contributed by atoms with Gasteiger partial charge in [0.15, 0.2) is 11.5 Å². The second kappa shape index (κ2) is 12.4. The van der Waals surface area contributed by atoms with Gasteiger partial charge in [-0.25, -0.2) is 0 Å². The molecule has 3 aromatic carbocycles. The van der Waals surface area contributed by atoms with E-state index in [4.69, 9.17) is 49.0 Å². The molecule has 1 N–H and O–H groups in total. The fourth-order valence-electron chi connectivity index (χ4n) is 3.76. The minimum atomic E-state index is 0.342. The van der Waals surface area contributed by atoms with Crippen molar-refractivity contribution in [2.75, 3.05) is 43.1 Å². The van der Waals surface area contributed by atoms with Crippen LogP contribution in [0.3, 0.4) is 0 Å². The Morgan fingerprint density at radius 3 is 2.40 bits per heavy atom. The number of nitrogens with zero attached hydrogens (tertiary/aromatic N) is 1. The number of hydrogen-bond donors (Lipinski definition) is 1. The van der Waals surface area contributed by atoms with E-state index < -0.39 is 0 Å². The minimum absolute atomic E-state index is 0.342. The Morgan fingerprint density at radius 1 is 0.914 bits per heavy atom. The molecule has 186 valence electrons. The fraction of sp³-hybridized carbons (Fsp3) is 0.308. The highest BCUT2D eigenvalue weighted by atomic mass is 79.9. The number of halogens is 4. The van der Waals surface area contributed by atoms with Crippen LogP contribution in [0, 0.1) is 0 Å². The van der Waals surface area contributed by atoms with E-state index >= 15 is 0 Å². The van der Waals surface area contributed by atoms with Gasteiger partial charge in [0.2, 0.25) is 0 Å². The molecule has 4 rings (SSSR count). The summed E-state index contributed by atoms with van der Waals surface area (Å²) in [5, 5.41) is 5.18. The summed E-state index contributed by atoms with van der Waals surface area (Å²) < 4.78 is 18.3. The lowest BCUT2D eigenvalue weighted by atomic mass is 10.2. The van der Waals surface area contributed by atoms with E-state index in [1.165, 1.54) is 0 Å². The molecule has 0 bridgehead atoms. The Bertz CT molecular complexity index is 1170. The van der Waals surface area contributed by atoms with Gasteiger partial charge in [0.05, 0.1) is 40.6 Å². The van der Waals surface area contributed by atoms with Gasteiger partial charge in [0.1, 0.15) is 6.61 Å². The largest absolute Gasteiger partial charge is 0.490 e. The first kappa shape index (κ1) is 26.2. The highest BCUT2D eigenvalue weighted by molar-refractivity contribution is 9.10. The van der Waals surface area contributed by atoms with Crippen LogP contribution in [-0.4, -0.2) is 32.9 Å². The summed E-state index contributed by atoms with van der Waals surface area (Å²) >= 11 is 22.4. The third-order valence-corrected chi connectivity index (χ3v) is 7.35. The van der Waals surface area contributed by atoms with Crippen molar-refractivity contribution in [1.29, 1.82) is 0 Å². The standard InChI is InChI=1S/C26H26BrCl3N2O3/c1-2-34-25-12-18(20(27)14-26(25)35-16-17-3-5-21(28)22(29)11-17)15-31-19-4-6-24(23(30)13-19)32-7-9-33-10-8-32/h3-6,11-14,31H,2,7-10,15-16H2,1H3. The lowest BCUT2D eigenvalue weighted by molar-refractivity contribution is 0.122. The van der Waals surface area contributed by atoms with Crippen LogP contribution in [0.5, 0.6) is 11.5 Å². The van der Waals surface area contributed by atoms with Crippen LogP contribution in [0.25, 0.3) is 0 Å². The number of anilines is 2. The van der Waals surface area contributed by atoms with E-state index in [2.05, 4.69) is 32.2 Å². The van der Waals surface area contributed by atoms with Gasteiger partial charge in [0, 0.05) is 29.8 Å². The third-order valence-electron chi connectivity index (χ3n) is 5.57. The smallest absolute Gasteiger partial charge is 0.162 e. The quantitative estimate of drug-likeness (QED) is 0.271. The van der Waals surface area contributed by atoms with Gasteiger partial charge >= 0.3 is 0 Å². The zero-order valence-electron chi connectivity index (χ0n) is 19.3. The molecule has 1 fully saturated rings. The highest BCUT2D eigenvalue weighted by Crippen LogP contribution is 2.36. The average Bonchev–Trinajstić information content (AvgIpc) is 2.86. The van der Waals surface area contributed by atoms with Crippen LogP contribution in [0.4, 0.5) is 11.4 Å². The van der Waals surface area contributed by atoms with Gasteiger partial charge in [-0.05, 0) is 60.5 Å². The van der Waals surface area contributed by atoms with Crippen molar-refractivity contribution in [1.82, 2.24) is 0 Å². The van der Waals surface area contributed by atoms with Crippen molar-refractivity contribution >= 4 is 62.1 Å². The van der Waals surface area contributed by atoms with Gasteiger partial charge in [-0.15, -0.1) is 0 Å². The van der Waals surface area contributed by atoms with Crippen LogP contribution < -0.4 is 19.7 Å². The molecular weight excluding hydrogens is 575 g/mol. The zero-order chi connectivity index (χ0) is 24.8. The molecule has 0 spiro atoms. The lowest BCUT2D eigenvalue weighted by Crippen LogP contribution is -2.36. The molecule has 1 aliphatic rings. The minimum Gasteiger partial charge on any atom is -0.490 e. The van der Waals surface area contributed by atoms with Crippen molar-refractivity contribution in [2.45, 2.75) is 20.1 Å². The summed E-state index contributed by atoms with van der Waals surface area (Å²) in [4.78, 5) is 2.25. The molecule has 1 saturated heterocycles. The molecule has 1 heterocycles. The first-order valence-corrected chi connectivity index (χ1v) is 13.3. The summed E-state index contributed by atoms with van der Waals surface area (Å²) in [5.74, 6) is 1.32. The molecule has 5 nitrogen and oxygen atoms in total. The van der Waals surface area contributed by atoms with Crippen LogP contribution in [0.15, 0.2) is 53.0 Å². The number of nitrogens with one attached hydrogen (secondary N) is 1. The van der Waals surface area contributed by atoms with Crippen molar-refractivity contribution in [3.05, 3.63) is 79.2 Å². The van der Waals surface area contributed by atoms with Crippen molar-refractivity contribution in [3.63, 3.8) is 0 Å². The summed E-state index contributed by atoms with van der Waals surface area (Å²) in [5.41, 5.74) is 3.92. The second-order valence-corrected chi connectivity index (χ2v) is 10.1. The van der Waals surface area contributed by atoms with Crippen LogP contribution in [0.1, 0.15) is 18.1 Å². The molecule has 9 heteroatoms. The molecule has 0 amide bonds. The zero-order valence-corrected chi connectivity index (χ0v) is 23.1. The van der Waals surface area contributed by atoms with Gasteiger partial charge in [-0.3, -0.25) is 0 Å². The van der Waals surface area contributed by atoms with E-state index in [9.17, 15) is 0 Å². The SMILES string of the molecule is CCOc1cc(CNc2ccc(N3CCOCC3)c(Cl)c2)c(Br)cc1OCc1ccc(Cl)c(Cl)c1. The molecule has 3 aromatic rings. The van der Waals surface area contributed by atoms with E-state index in [0.29, 0.717) is 41.3 Å². The van der Waals surface area contributed by atoms with Crippen molar-refractivity contribution in [3.8, 4) is 11.5 Å². The van der Waals surface area contributed by atoms with Gasteiger partial charge in [-0.1, -0.05) is 56.8 Å². The summed E-state index contributed by atoms with van der Waals surface area (Å²) in [6, 6.07) is 15.4. The van der Waals surface area contributed by atoms with E-state index in [1.54, 1.807) is 12.1 Å². The summed E-state index contributed by atoms with van der Waals surface area (Å²) in [6.45, 7) is 6.53. The maximum atomic E-state index is 6.58. The predicted molar refractivity (Wildman–Crippen MR) is 148 cm³/mol. The number of benzene rings is 3. The Hall–Kier alpha value is -1.83. The van der Waals surface area contributed by atoms with Crippen molar-refractivity contribution < 1.29 is 14.2 Å². The number of rotatable bonds is 9. The topological polar surface area (TPSA) is 43.0 Å². The maximum absolute atomic E-state index is 6.58. The van der Waals surface area contributed by atoms with Gasteiger partial charge in [0.25, 0.3) is 0 Å². The Morgan fingerprint density at radius 2 is 1.69 bits per heavy atom.